The summed E-state index contributed by atoms with van der Waals surface area (Å²) in [7, 11) is 6.09. The summed E-state index contributed by atoms with van der Waals surface area (Å²) >= 11 is 0. The number of aliphatic hydroxyl groups is 2. The molecule has 2 fully saturated rings. The molecule has 0 radical (unpaired) electrons. The average Bonchev–Trinajstić information content (AvgIpc) is 3.90. The van der Waals surface area contributed by atoms with Crippen molar-refractivity contribution in [3.05, 3.63) is 82.6 Å². The summed E-state index contributed by atoms with van der Waals surface area (Å²) in [5, 5.41) is 26.4. The second-order valence-electron chi connectivity index (χ2n) is 17.5. The Hall–Kier alpha value is -4.69. The van der Waals surface area contributed by atoms with Crippen LogP contribution in [0.4, 0.5) is 5.69 Å². The molecule has 10 unspecified atom stereocenters. The zero-order valence-corrected chi connectivity index (χ0v) is 35.0. The Bertz CT molecular complexity index is 2300. The van der Waals surface area contributed by atoms with Gasteiger partial charge in [-0.05, 0) is 61.9 Å². The number of H-pyrrole nitrogens is 1. The van der Waals surface area contributed by atoms with E-state index in [1.807, 2.05) is 55.3 Å². The first kappa shape index (κ1) is 39.8. The number of aromatic nitrogens is 1. The molecule has 10 atom stereocenters. The van der Waals surface area contributed by atoms with Crippen LogP contribution in [0.2, 0.25) is 0 Å². The normalized spacial score (nSPS) is 35.6. The minimum absolute atomic E-state index is 0.167. The molecule has 2 bridgehead atoms. The number of carbonyl (C=O) groups excluding carboxylic acids is 3. The van der Waals surface area contributed by atoms with Crippen molar-refractivity contribution >= 4 is 34.5 Å². The summed E-state index contributed by atoms with van der Waals surface area (Å²) in [4.78, 5) is 52.8. The number of nitrogens with one attached hydrogen (secondary N) is 1. The molecular weight excluding hydrogens is 753 g/mol. The maximum Gasteiger partial charge on any atom is 0.344 e. The van der Waals surface area contributed by atoms with E-state index in [4.69, 9.17) is 18.9 Å². The van der Waals surface area contributed by atoms with Gasteiger partial charge in [0.1, 0.15) is 17.4 Å². The van der Waals surface area contributed by atoms with E-state index in [9.17, 15) is 19.8 Å². The summed E-state index contributed by atoms with van der Waals surface area (Å²) in [5.74, 6) is -2.03. The number of likely N-dealkylation sites (N-methyl/N-ethyl adjacent to an activating group) is 1. The maximum absolute atomic E-state index is 15.3. The first-order chi connectivity index (χ1) is 28.3. The lowest BCUT2D eigenvalue weighted by molar-refractivity contribution is -0.228. The summed E-state index contributed by atoms with van der Waals surface area (Å²) in [5.41, 5.74) is 0.109. The van der Waals surface area contributed by atoms with Gasteiger partial charge >= 0.3 is 17.9 Å². The summed E-state index contributed by atoms with van der Waals surface area (Å²) in [6.07, 6.45) is 6.64. The van der Waals surface area contributed by atoms with Crippen LogP contribution in [0.1, 0.15) is 68.8 Å². The second-order valence-corrected chi connectivity index (χ2v) is 17.5. The molecule has 13 nitrogen and oxygen atoms in total. The van der Waals surface area contributed by atoms with Crippen LogP contribution in [0, 0.1) is 11.3 Å². The van der Waals surface area contributed by atoms with Crippen molar-refractivity contribution in [2.45, 2.75) is 93.7 Å². The highest BCUT2D eigenvalue weighted by Gasteiger charge is 2.80. The minimum Gasteiger partial charge on any atom is -0.496 e. The van der Waals surface area contributed by atoms with E-state index < -0.39 is 64.0 Å². The Labute approximate surface area is 344 Å². The van der Waals surface area contributed by atoms with Crippen molar-refractivity contribution in [2.24, 2.45) is 11.3 Å². The quantitative estimate of drug-likeness (QED) is 0.179. The molecule has 3 N–H and O–H groups in total. The molecule has 13 heteroatoms. The number of esters is 3. The third-order valence-corrected chi connectivity index (χ3v) is 15.2. The molecule has 1 saturated heterocycles. The summed E-state index contributed by atoms with van der Waals surface area (Å²) in [6, 6.07) is 10.8. The number of nitrogens with zero attached hydrogens (tertiary/aromatic N) is 3. The van der Waals surface area contributed by atoms with Crippen LogP contribution in [0.5, 0.6) is 5.75 Å². The number of hydrogen-bond acceptors (Lipinski definition) is 12. The largest absolute Gasteiger partial charge is 0.496 e. The predicted octanol–water partition coefficient (Wildman–Crippen LogP) is 4.11. The van der Waals surface area contributed by atoms with Crippen molar-refractivity contribution in [3.63, 3.8) is 0 Å². The molecule has 0 amide bonds. The van der Waals surface area contributed by atoms with Crippen LogP contribution < -0.4 is 9.64 Å². The van der Waals surface area contributed by atoms with Crippen molar-refractivity contribution in [1.29, 1.82) is 0 Å². The van der Waals surface area contributed by atoms with Crippen molar-refractivity contribution in [1.82, 2.24) is 14.8 Å². The third-order valence-electron chi connectivity index (χ3n) is 15.2. The number of benzene rings is 2. The lowest BCUT2D eigenvalue weighted by Gasteiger charge is -2.63. The van der Waals surface area contributed by atoms with Gasteiger partial charge in [-0.2, -0.15) is 0 Å². The van der Waals surface area contributed by atoms with Crippen LogP contribution in [0.25, 0.3) is 10.9 Å². The number of fused-ring (bicyclic) bond motifs is 6. The fourth-order valence-electron chi connectivity index (χ4n) is 13.0. The molecule has 6 aliphatic rings. The van der Waals surface area contributed by atoms with E-state index in [0.29, 0.717) is 62.4 Å². The minimum atomic E-state index is -2.31. The van der Waals surface area contributed by atoms with Gasteiger partial charge in [-0.15, -0.1) is 0 Å². The number of hydrogen-bond donors (Lipinski definition) is 3. The smallest absolute Gasteiger partial charge is 0.344 e. The fraction of sp³-hybridized carbons (Fsp3) is 0.543. The topological polar surface area (TPSA) is 154 Å². The Kier molecular flexibility index (Phi) is 9.39. The van der Waals surface area contributed by atoms with Gasteiger partial charge in [0.2, 0.25) is 5.60 Å². The monoisotopic (exact) mass is 808 g/mol. The van der Waals surface area contributed by atoms with E-state index in [2.05, 4.69) is 39.9 Å². The Morgan fingerprint density at radius 3 is 2.44 bits per heavy atom. The average molecular weight is 809 g/mol. The lowest BCUT2D eigenvalue weighted by Crippen LogP contribution is -2.81. The van der Waals surface area contributed by atoms with E-state index >= 15 is 4.79 Å². The molecule has 9 rings (SSSR count). The molecule has 6 heterocycles. The molecule has 2 aromatic carbocycles. The first-order valence-electron chi connectivity index (χ1n) is 21.0. The fourth-order valence-corrected chi connectivity index (χ4v) is 13.0. The maximum atomic E-state index is 15.3. The Morgan fingerprint density at radius 1 is 0.983 bits per heavy atom. The highest BCUT2D eigenvalue weighted by Crippen LogP contribution is 2.68. The third kappa shape index (κ3) is 5.07. The van der Waals surface area contributed by atoms with Crippen LogP contribution >= 0.6 is 0 Å². The molecule has 1 spiro atoms. The van der Waals surface area contributed by atoms with Gasteiger partial charge in [0, 0.05) is 90.3 Å². The number of carbonyl (C=O) groups is 3. The predicted molar refractivity (Wildman–Crippen MR) is 220 cm³/mol. The summed E-state index contributed by atoms with van der Waals surface area (Å²) in [6.45, 7) is 7.93. The van der Waals surface area contributed by atoms with Gasteiger partial charge in [0.15, 0.2) is 6.10 Å². The van der Waals surface area contributed by atoms with Gasteiger partial charge in [-0.3, -0.25) is 19.4 Å². The molecule has 1 aromatic heterocycles. The first-order valence-corrected chi connectivity index (χ1v) is 21.0. The van der Waals surface area contributed by atoms with Crippen LogP contribution in [-0.2, 0) is 45.8 Å². The lowest BCUT2D eigenvalue weighted by atomic mass is 9.47. The van der Waals surface area contributed by atoms with Crippen molar-refractivity contribution in [2.75, 3.05) is 59.5 Å². The van der Waals surface area contributed by atoms with Gasteiger partial charge in [-0.25, -0.2) is 4.79 Å². The van der Waals surface area contributed by atoms with Crippen LogP contribution in [0.15, 0.2) is 60.2 Å². The van der Waals surface area contributed by atoms with E-state index in [-0.39, 0.29) is 12.5 Å². The van der Waals surface area contributed by atoms with Crippen molar-refractivity contribution in [3.8, 4) is 5.75 Å². The number of anilines is 1. The number of rotatable bonds is 7. The number of methoxy groups -OCH3 is 3. The highest BCUT2D eigenvalue weighted by molar-refractivity contribution is 5.95. The van der Waals surface area contributed by atoms with E-state index in [0.717, 1.165) is 34.1 Å². The molecule has 3 aromatic rings. The standard InChI is InChI=1S/C46H56N4O9/c1-8-27-21-28-24-45(41(53)57-6,36-30(15-19-50(25-27)37(28)52)29-13-10-11-14-33(29)47-36)32-22-31-34(23-35(32)56-5)48(4)39-44(31)17-20-49-18-12-16-43(9-2,38(44)49)40(59-26(3)51)46(39,55)42(54)58-7/h10-14,16,21-23,28,37-40,47,52,55H,8-9,15,17-20,24-25H2,1-7H3. The Morgan fingerprint density at radius 2 is 1.75 bits per heavy atom. The summed E-state index contributed by atoms with van der Waals surface area (Å²) < 4.78 is 23.9. The van der Waals surface area contributed by atoms with Crippen LogP contribution in [0.3, 0.4) is 0 Å². The van der Waals surface area contributed by atoms with Gasteiger partial charge in [-0.1, -0.05) is 55.8 Å². The Balaban J connectivity index is 1.38. The molecule has 1 aliphatic carbocycles. The SMILES string of the molecule is CCC1=CC2CC(C(=O)OC)(c3cc4c(cc3OC)N(C)C3C(O)(C(=O)OC)C(OC(C)=O)C5(CC)C=CCN6CCC43C65)c3[nH]c4ccccc4c3CCN(C1)C2O. The number of para-hydroxylation sites is 1. The number of aliphatic hydroxyl groups excluding tert-OH is 1. The molecule has 59 heavy (non-hydrogen) atoms. The van der Waals surface area contributed by atoms with Crippen molar-refractivity contribution < 1.29 is 43.5 Å². The number of aromatic amines is 1. The highest BCUT2D eigenvalue weighted by atomic mass is 16.6. The van der Waals surface area contributed by atoms with E-state index in [1.54, 1.807) is 7.11 Å². The zero-order chi connectivity index (χ0) is 41.8. The van der Waals surface area contributed by atoms with Gasteiger partial charge < -0.3 is 39.0 Å². The molecule has 314 valence electrons. The van der Waals surface area contributed by atoms with Gasteiger partial charge in [0.25, 0.3) is 0 Å². The van der Waals surface area contributed by atoms with E-state index in [1.165, 1.54) is 26.7 Å². The number of ether oxygens (including phenoxy) is 4. The van der Waals surface area contributed by atoms with Gasteiger partial charge in [0.05, 0.1) is 27.4 Å². The molecular formula is C46H56N4O9. The van der Waals surface area contributed by atoms with Crippen LogP contribution in [-0.4, -0.2) is 127 Å². The zero-order valence-electron chi connectivity index (χ0n) is 35.0. The molecule has 5 aliphatic heterocycles. The molecule has 1 saturated carbocycles. The second kappa shape index (κ2) is 13.9.